The Hall–Kier alpha value is -4.50. The van der Waals surface area contributed by atoms with Crippen molar-refractivity contribution in [2.24, 2.45) is 0 Å². The van der Waals surface area contributed by atoms with Crippen LogP contribution in [0.3, 0.4) is 0 Å². The molecule has 0 amide bonds. The van der Waals surface area contributed by atoms with Gasteiger partial charge in [0.15, 0.2) is 0 Å². The lowest BCUT2D eigenvalue weighted by molar-refractivity contribution is -0.357. The number of aromatic nitrogens is 2. The van der Waals surface area contributed by atoms with Gasteiger partial charge in [-0.05, 0) is 0 Å². The molecule has 1 aromatic carbocycles. The van der Waals surface area contributed by atoms with Crippen molar-refractivity contribution in [3.8, 4) is 12.1 Å². The first kappa shape index (κ1) is 32.0. The quantitative estimate of drug-likeness (QED) is 0.385. The molecule has 3 aromatic rings. The van der Waals surface area contributed by atoms with Crippen LogP contribution in [0.5, 0.6) is 0 Å². The van der Waals surface area contributed by atoms with Gasteiger partial charge in [0.05, 0.1) is 45.8 Å². The van der Waals surface area contributed by atoms with E-state index >= 15 is 0 Å². The molecule has 0 saturated carbocycles. The van der Waals surface area contributed by atoms with Gasteiger partial charge < -0.3 is 0 Å². The topological polar surface area (TPSA) is 126 Å². The average molecular weight is 630 g/mol. The summed E-state index contributed by atoms with van der Waals surface area (Å²) in [6, 6.07) is 1.83. The van der Waals surface area contributed by atoms with Crippen LogP contribution >= 0.6 is 0 Å². The van der Waals surface area contributed by atoms with Crippen molar-refractivity contribution in [3.63, 3.8) is 0 Å². The van der Waals surface area contributed by atoms with Gasteiger partial charge in [0, 0.05) is 0 Å². The van der Waals surface area contributed by atoms with E-state index in [2.05, 4.69) is 0 Å². The molecule has 2 aromatic heterocycles. The molecule has 226 valence electrons. The molecule has 0 unspecified atom stereocenters. The Labute approximate surface area is 217 Å². The van der Waals surface area contributed by atoms with Gasteiger partial charge in [-0.3, -0.25) is 28.3 Å². The Morgan fingerprint density at radius 1 is 0.476 bits per heavy atom. The van der Waals surface area contributed by atoms with E-state index in [9.17, 15) is 91.2 Å². The largest absolute Gasteiger partial charge is 0.459 e. The number of halogens is 14. The summed E-state index contributed by atoms with van der Waals surface area (Å²) in [5, 5.41) is 12.3. The molecule has 0 aliphatic rings. The molecule has 3 rings (SSSR count). The van der Waals surface area contributed by atoms with Crippen LogP contribution in [0, 0.1) is 22.7 Å². The summed E-state index contributed by atoms with van der Waals surface area (Å²) in [5.74, 6) is -26.3. The molecular formula is C20H4F14N4O4. The third-order valence-electron chi connectivity index (χ3n) is 5.90. The Morgan fingerprint density at radius 2 is 0.690 bits per heavy atom. The molecule has 0 aliphatic carbocycles. The first-order valence-electron chi connectivity index (χ1n) is 10.1. The predicted molar refractivity (Wildman–Crippen MR) is 106 cm³/mol. The highest BCUT2D eigenvalue weighted by Crippen LogP contribution is 2.48. The van der Waals surface area contributed by atoms with E-state index in [4.69, 9.17) is 0 Å². The van der Waals surface area contributed by atoms with Crippen LogP contribution in [0.1, 0.15) is 11.1 Å². The number of fused-ring (bicyclic) bond motifs is 2. The van der Waals surface area contributed by atoms with Crippen LogP contribution in [0.25, 0.3) is 21.5 Å². The number of nitrogens with zero attached hydrogens (tertiary/aromatic N) is 4. The van der Waals surface area contributed by atoms with Gasteiger partial charge in [0.25, 0.3) is 22.2 Å². The lowest BCUT2D eigenvalue weighted by Crippen LogP contribution is -2.55. The molecule has 8 nitrogen and oxygen atoms in total. The van der Waals surface area contributed by atoms with Gasteiger partial charge in [-0.1, -0.05) is 0 Å². The van der Waals surface area contributed by atoms with Gasteiger partial charge in [-0.15, -0.1) is 0 Å². The molecule has 2 heterocycles. The highest BCUT2D eigenvalue weighted by Gasteiger charge is 2.74. The second-order valence-electron chi connectivity index (χ2n) is 8.42. The number of hydrogen-bond donors (Lipinski definition) is 0. The second kappa shape index (κ2) is 9.00. The van der Waals surface area contributed by atoms with E-state index in [1.807, 2.05) is 0 Å². The third kappa shape index (κ3) is 4.10. The van der Waals surface area contributed by atoms with Gasteiger partial charge >= 0.3 is 36.0 Å². The molecule has 0 radical (unpaired) electrons. The Morgan fingerprint density at radius 3 is 0.857 bits per heavy atom. The van der Waals surface area contributed by atoms with E-state index in [0.717, 1.165) is 12.1 Å². The predicted octanol–water partition coefficient (Wildman–Crippen LogP) is 3.32. The number of alkyl halides is 14. The molecule has 22 heteroatoms. The van der Waals surface area contributed by atoms with Crippen LogP contribution in [-0.2, 0) is 13.1 Å². The van der Waals surface area contributed by atoms with Crippen molar-refractivity contribution in [2.75, 3.05) is 0 Å². The van der Waals surface area contributed by atoms with Crippen LogP contribution in [0.15, 0.2) is 19.2 Å². The van der Waals surface area contributed by atoms with E-state index in [1.165, 1.54) is 0 Å². The molecule has 0 spiro atoms. The molecule has 0 atom stereocenters. The van der Waals surface area contributed by atoms with E-state index < -0.39 is 113 Å². The number of nitriles is 2. The van der Waals surface area contributed by atoms with Crippen molar-refractivity contribution in [1.29, 1.82) is 10.5 Å². The monoisotopic (exact) mass is 630 g/mol. The van der Waals surface area contributed by atoms with Gasteiger partial charge in [-0.25, -0.2) is 0 Å². The molecule has 0 aliphatic heterocycles. The first-order valence-corrected chi connectivity index (χ1v) is 10.1. The second-order valence-corrected chi connectivity index (χ2v) is 8.42. The summed E-state index contributed by atoms with van der Waals surface area (Å²) in [6.45, 7) is -6.11. The minimum Gasteiger partial charge on any atom is -0.269 e. The summed E-state index contributed by atoms with van der Waals surface area (Å²) in [6.07, 6.45) is -13.9. The zero-order valence-electron chi connectivity index (χ0n) is 19.1. The smallest absolute Gasteiger partial charge is 0.269 e. The van der Waals surface area contributed by atoms with Crippen molar-refractivity contribution in [2.45, 2.75) is 49.1 Å². The van der Waals surface area contributed by atoms with Gasteiger partial charge in [0.1, 0.15) is 12.1 Å². The van der Waals surface area contributed by atoms with Crippen molar-refractivity contribution < 1.29 is 61.5 Å². The minimum absolute atomic E-state index is 0.917. The Balaban J connectivity index is 2.46. The van der Waals surface area contributed by atoms with Crippen LogP contribution < -0.4 is 22.2 Å². The van der Waals surface area contributed by atoms with Crippen LogP contribution in [0.2, 0.25) is 0 Å². The highest BCUT2D eigenvalue weighted by atomic mass is 19.4. The van der Waals surface area contributed by atoms with Gasteiger partial charge in [-0.2, -0.15) is 72.0 Å². The molecule has 0 fully saturated rings. The summed E-state index contributed by atoms with van der Waals surface area (Å²) in [7, 11) is 0. The third-order valence-corrected chi connectivity index (χ3v) is 5.90. The molecule has 42 heavy (non-hydrogen) atoms. The maximum Gasteiger partial charge on any atom is 0.459 e. The molecule has 0 N–H and O–H groups in total. The first-order chi connectivity index (χ1) is 18.7. The number of benzene rings is 1. The summed E-state index contributed by atoms with van der Waals surface area (Å²) < 4.78 is 182. The Bertz CT molecular complexity index is 1710. The fourth-order valence-electron chi connectivity index (χ4n) is 3.85. The fourth-order valence-corrected chi connectivity index (χ4v) is 3.85. The summed E-state index contributed by atoms with van der Waals surface area (Å²) in [4.78, 5) is 50.7. The lowest BCUT2D eigenvalue weighted by atomic mass is 9.98. The van der Waals surface area contributed by atoms with Gasteiger partial charge in [0.2, 0.25) is 0 Å². The van der Waals surface area contributed by atoms with E-state index in [-0.39, 0.29) is 0 Å². The zero-order chi connectivity index (χ0) is 32.8. The summed E-state index contributed by atoms with van der Waals surface area (Å²) in [5.41, 5.74) is -12.5. The number of hydrogen-bond acceptors (Lipinski definition) is 6. The van der Waals surface area contributed by atoms with E-state index in [1.54, 1.807) is 0 Å². The van der Waals surface area contributed by atoms with Crippen molar-refractivity contribution in [3.05, 3.63) is 52.5 Å². The lowest BCUT2D eigenvalue weighted by Gasteiger charge is -2.27. The Kier molecular flexibility index (Phi) is 6.86. The van der Waals surface area contributed by atoms with Crippen LogP contribution in [-0.4, -0.2) is 45.2 Å². The molecule has 0 bridgehead atoms. The summed E-state index contributed by atoms with van der Waals surface area (Å²) >= 11 is 0. The molecular weight excluding hydrogens is 626 g/mol. The highest BCUT2D eigenvalue weighted by molar-refractivity contribution is 6.09. The van der Waals surface area contributed by atoms with E-state index in [0.29, 0.717) is 0 Å². The standard InChI is InChI=1S/C20H4F14N4O4/c21-15(22,17(25,26)19(29,30)31)3-37-11(39)7-5(1-35)8-10(6(2-36)9(7)13(37)41)14(42)38(12(8)40)4-16(23,24)18(27,28)20(32,33)34/h3-4H2. The number of rotatable bonds is 6. The van der Waals surface area contributed by atoms with Crippen LogP contribution in [0.4, 0.5) is 61.5 Å². The van der Waals surface area contributed by atoms with Crippen molar-refractivity contribution in [1.82, 2.24) is 9.13 Å². The normalized spacial score (nSPS) is 14.0. The maximum absolute atomic E-state index is 14.0. The van der Waals surface area contributed by atoms with Crippen molar-refractivity contribution >= 4 is 21.5 Å². The minimum atomic E-state index is -6.95. The maximum atomic E-state index is 14.0. The molecule has 0 saturated heterocycles. The SMILES string of the molecule is N#Cc1c2c(=O)n(CC(F)(F)C(F)(F)C(F)(F)F)c(=O)c2c(C#N)c2c(=O)n(CC(F)(F)C(F)(F)C(F)(F)F)c(=O)c12. The fraction of sp³-hybridized carbons (Fsp3) is 0.400. The average Bonchev–Trinajstić information content (AvgIpc) is 3.21. The zero-order valence-corrected chi connectivity index (χ0v) is 19.1.